The molecule has 3 heteroatoms. The Hall–Kier alpha value is -1.02. The molecule has 2 rings (SSSR count). The average Bonchev–Trinajstić information content (AvgIpc) is 2.16. The monoisotopic (exact) mass is 224 g/mol. The van der Waals surface area contributed by atoms with Crippen LogP contribution in [0.2, 0.25) is 0 Å². The van der Waals surface area contributed by atoms with Gasteiger partial charge in [-0.3, -0.25) is 4.79 Å². The lowest BCUT2D eigenvalue weighted by molar-refractivity contribution is -0.119. The largest absolute Gasteiger partial charge is 0.496 e. The van der Waals surface area contributed by atoms with Gasteiger partial charge in [-0.15, -0.1) is 0 Å². The normalized spacial score (nSPS) is 18.0. The van der Waals surface area contributed by atoms with Gasteiger partial charge in [-0.05, 0) is 30.5 Å². The molecule has 15 heavy (non-hydrogen) atoms. The van der Waals surface area contributed by atoms with Crippen LogP contribution in [0.15, 0.2) is 24.3 Å². The molecule has 0 aliphatic heterocycles. The summed E-state index contributed by atoms with van der Waals surface area (Å²) in [5.74, 6) is 0.756. The van der Waals surface area contributed by atoms with Crippen LogP contribution >= 0.6 is 11.6 Å². The van der Waals surface area contributed by atoms with Crippen LogP contribution in [0.25, 0.3) is 0 Å². The Balaban J connectivity index is 2.47. The van der Waals surface area contributed by atoms with Crippen molar-refractivity contribution in [3.63, 3.8) is 0 Å². The number of halogens is 1. The van der Waals surface area contributed by atoms with E-state index in [0.717, 1.165) is 30.6 Å². The van der Waals surface area contributed by atoms with E-state index in [2.05, 4.69) is 0 Å². The molecule has 0 radical (unpaired) electrons. The molecule has 0 saturated heterocycles. The molecule has 0 aromatic heterocycles. The highest BCUT2D eigenvalue weighted by molar-refractivity contribution is 6.65. The number of carbonyl (C=O) groups excluding carboxylic acids is 1. The van der Waals surface area contributed by atoms with Crippen molar-refractivity contribution in [1.82, 2.24) is 0 Å². The third-order valence-corrected chi connectivity index (χ3v) is 3.57. The molecular weight excluding hydrogens is 212 g/mol. The van der Waals surface area contributed by atoms with Crippen molar-refractivity contribution < 1.29 is 9.53 Å². The fraction of sp³-hybridized carbons (Fsp3) is 0.417. The van der Waals surface area contributed by atoms with E-state index in [1.54, 1.807) is 7.11 Å². The number of benzene rings is 1. The number of carbonyl (C=O) groups is 1. The number of hydrogen-bond donors (Lipinski definition) is 0. The van der Waals surface area contributed by atoms with Gasteiger partial charge in [-0.25, -0.2) is 0 Å². The number of ether oxygens (including phenoxy) is 1. The Morgan fingerprint density at radius 2 is 2.07 bits per heavy atom. The van der Waals surface area contributed by atoms with E-state index in [1.165, 1.54) is 0 Å². The average molecular weight is 225 g/mol. The zero-order valence-corrected chi connectivity index (χ0v) is 9.38. The summed E-state index contributed by atoms with van der Waals surface area (Å²) in [7, 11) is 1.61. The molecule has 0 amide bonds. The molecule has 0 N–H and O–H groups in total. The van der Waals surface area contributed by atoms with E-state index in [1.807, 2.05) is 24.3 Å². The molecule has 80 valence electrons. The van der Waals surface area contributed by atoms with Crippen molar-refractivity contribution in [2.75, 3.05) is 7.11 Å². The van der Waals surface area contributed by atoms with E-state index >= 15 is 0 Å². The van der Waals surface area contributed by atoms with Gasteiger partial charge in [0.05, 0.1) is 12.5 Å². The maximum atomic E-state index is 11.5. The maximum Gasteiger partial charge on any atom is 0.232 e. The van der Waals surface area contributed by atoms with Gasteiger partial charge in [-0.1, -0.05) is 24.6 Å². The van der Waals surface area contributed by atoms with Crippen LogP contribution in [-0.4, -0.2) is 12.4 Å². The molecule has 1 aliphatic carbocycles. The van der Waals surface area contributed by atoms with Gasteiger partial charge in [0.25, 0.3) is 0 Å². The molecule has 0 atom stereocenters. The fourth-order valence-electron chi connectivity index (χ4n) is 2.14. The summed E-state index contributed by atoms with van der Waals surface area (Å²) in [6.07, 6.45) is 2.71. The van der Waals surface area contributed by atoms with Gasteiger partial charge in [0.15, 0.2) is 0 Å². The lowest BCUT2D eigenvalue weighted by Gasteiger charge is -2.39. The molecule has 0 bridgehead atoms. The number of methoxy groups -OCH3 is 1. The minimum Gasteiger partial charge on any atom is -0.496 e. The molecule has 0 spiro atoms. The second-order valence-electron chi connectivity index (χ2n) is 3.91. The number of para-hydroxylation sites is 1. The first-order valence-electron chi connectivity index (χ1n) is 5.04. The molecule has 2 nitrogen and oxygen atoms in total. The van der Waals surface area contributed by atoms with Gasteiger partial charge < -0.3 is 4.74 Å². The minimum absolute atomic E-state index is 0.266. The molecule has 1 aromatic rings. The fourth-order valence-corrected chi connectivity index (χ4v) is 2.43. The molecule has 0 unspecified atom stereocenters. The highest BCUT2D eigenvalue weighted by Crippen LogP contribution is 2.48. The Bertz CT molecular complexity index is 383. The maximum absolute atomic E-state index is 11.5. The molecular formula is C12H13ClO2. The summed E-state index contributed by atoms with van der Waals surface area (Å²) in [4.78, 5) is 11.5. The van der Waals surface area contributed by atoms with Crippen molar-refractivity contribution in [3.8, 4) is 5.75 Å². The smallest absolute Gasteiger partial charge is 0.232 e. The third kappa shape index (κ3) is 1.53. The third-order valence-electron chi connectivity index (χ3n) is 3.21. The Morgan fingerprint density at radius 3 is 2.53 bits per heavy atom. The predicted octanol–water partition coefficient (Wildman–Crippen LogP) is 2.88. The van der Waals surface area contributed by atoms with Gasteiger partial charge in [0, 0.05) is 5.56 Å². The van der Waals surface area contributed by atoms with E-state index in [4.69, 9.17) is 16.3 Å². The minimum atomic E-state index is -0.492. The van der Waals surface area contributed by atoms with Crippen LogP contribution in [0.1, 0.15) is 24.8 Å². The van der Waals surface area contributed by atoms with Crippen LogP contribution in [0.3, 0.4) is 0 Å². The lowest BCUT2D eigenvalue weighted by atomic mass is 9.65. The highest BCUT2D eigenvalue weighted by Gasteiger charge is 2.46. The molecule has 1 aromatic carbocycles. The van der Waals surface area contributed by atoms with Gasteiger partial charge >= 0.3 is 0 Å². The Kier molecular flexibility index (Phi) is 2.70. The topological polar surface area (TPSA) is 26.3 Å². The SMILES string of the molecule is COc1ccccc1C1(C(=O)Cl)CCC1. The molecule has 1 fully saturated rings. The number of hydrogen-bond acceptors (Lipinski definition) is 2. The van der Waals surface area contributed by atoms with Crippen molar-refractivity contribution >= 4 is 16.8 Å². The lowest BCUT2D eigenvalue weighted by Crippen LogP contribution is -2.40. The van der Waals surface area contributed by atoms with Crippen LogP contribution in [0, 0.1) is 0 Å². The summed E-state index contributed by atoms with van der Waals surface area (Å²) in [5.41, 5.74) is 0.437. The second kappa shape index (κ2) is 3.86. The molecule has 1 aliphatic rings. The van der Waals surface area contributed by atoms with E-state index in [9.17, 15) is 4.79 Å². The summed E-state index contributed by atoms with van der Waals surface area (Å²) in [6, 6.07) is 7.61. The zero-order valence-electron chi connectivity index (χ0n) is 8.63. The highest BCUT2D eigenvalue weighted by atomic mass is 35.5. The first kappa shape index (κ1) is 10.5. The summed E-state index contributed by atoms with van der Waals surface area (Å²) >= 11 is 5.71. The standard InChI is InChI=1S/C12H13ClO2/c1-15-10-6-3-2-5-9(10)12(11(13)14)7-4-8-12/h2-3,5-6H,4,7-8H2,1H3. The first-order chi connectivity index (χ1) is 7.20. The zero-order chi connectivity index (χ0) is 10.9. The van der Waals surface area contributed by atoms with Crippen LogP contribution in [0.4, 0.5) is 0 Å². The van der Waals surface area contributed by atoms with Crippen molar-refractivity contribution in [2.24, 2.45) is 0 Å². The molecule has 1 saturated carbocycles. The van der Waals surface area contributed by atoms with Gasteiger partial charge in [0.1, 0.15) is 5.75 Å². The van der Waals surface area contributed by atoms with E-state index in [0.29, 0.717) is 0 Å². The van der Waals surface area contributed by atoms with Crippen molar-refractivity contribution in [2.45, 2.75) is 24.7 Å². The first-order valence-corrected chi connectivity index (χ1v) is 5.42. The quantitative estimate of drug-likeness (QED) is 0.738. The van der Waals surface area contributed by atoms with Crippen molar-refractivity contribution in [1.29, 1.82) is 0 Å². The molecule has 0 heterocycles. The van der Waals surface area contributed by atoms with Crippen LogP contribution < -0.4 is 4.74 Å². The van der Waals surface area contributed by atoms with E-state index in [-0.39, 0.29) is 5.24 Å². The summed E-state index contributed by atoms with van der Waals surface area (Å²) in [6.45, 7) is 0. The second-order valence-corrected chi connectivity index (χ2v) is 4.25. The summed E-state index contributed by atoms with van der Waals surface area (Å²) in [5, 5.41) is -0.266. The Labute approximate surface area is 94.2 Å². The van der Waals surface area contributed by atoms with E-state index < -0.39 is 5.41 Å². The van der Waals surface area contributed by atoms with Gasteiger partial charge in [-0.2, -0.15) is 0 Å². The van der Waals surface area contributed by atoms with Crippen LogP contribution in [-0.2, 0) is 10.2 Å². The summed E-state index contributed by atoms with van der Waals surface area (Å²) < 4.78 is 5.27. The number of rotatable bonds is 3. The Morgan fingerprint density at radius 1 is 1.40 bits per heavy atom. The van der Waals surface area contributed by atoms with Crippen LogP contribution in [0.5, 0.6) is 5.75 Å². The van der Waals surface area contributed by atoms with Crippen molar-refractivity contribution in [3.05, 3.63) is 29.8 Å². The predicted molar refractivity (Wildman–Crippen MR) is 59.4 cm³/mol. The van der Waals surface area contributed by atoms with Gasteiger partial charge in [0.2, 0.25) is 5.24 Å².